The number of anilines is 2. The van der Waals surface area contributed by atoms with Crippen molar-refractivity contribution in [2.45, 2.75) is 34.1 Å². The second-order valence-corrected chi connectivity index (χ2v) is 8.53. The number of esters is 1. The number of rotatable bonds is 6. The van der Waals surface area contributed by atoms with Gasteiger partial charge in [-0.3, -0.25) is 9.59 Å². The number of hydrogen-bond acceptors (Lipinski definition) is 5. The number of carbonyl (C=O) groups is 2. The molecule has 3 aromatic carbocycles. The van der Waals surface area contributed by atoms with Gasteiger partial charge in [0.05, 0.1) is 29.7 Å². The van der Waals surface area contributed by atoms with E-state index >= 15 is 0 Å². The molecule has 4 aromatic rings. The first kappa shape index (κ1) is 26.6. The minimum atomic E-state index is -0.412. The number of imidazole rings is 1. The summed E-state index contributed by atoms with van der Waals surface area (Å²) in [6.07, 6.45) is 2.20. The smallest absolute Gasteiger partial charge is 0.309 e. The molecule has 1 aromatic heterocycles. The molecule has 0 saturated heterocycles. The third-order valence-corrected chi connectivity index (χ3v) is 6.47. The summed E-state index contributed by atoms with van der Waals surface area (Å²) in [5.41, 5.74) is 4.01. The van der Waals surface area contributed by atoms with Crippen molar-refractivity contribution in [3.63, 3.8) is 0 Å². The summed E-state index contributed by atoms with van der Waals surface area (Å²) in [7, 11) is 1.35. The largest absolute Gasteiger partial charge is 0.469 e. The van der Waals surface area contributed by atoms with Gasteiger partial charge in [-0.25, -0.2) is 9.37 Å². The van der Waals surface area contributed by atoms with Gasteiger partial charge in [0.1, 0.15) is 5.82 Å². The van der Waals surface area contributed by atoms with Crippen LogP contribution in [0.5, 0.6) is 0 Å². The number of benzene rings is 3. The Bertz CT molecular complexity index is 1330. The molecule has 0 radical (unpaired) electrons. The average molecular weight is 490 g/mol. The zero-order valence-electron chi connectivity index (χ0n) is 18.7. The lowest BCUT2D eigenvalue weighted by Crippen LogP contribution is -2.26. The minimum Gasteiger partial charge on any atom is -0.469 e. The highest BCUT2D eigenvalue weighted by Gasteiger charge is 2.38. The minimum absolute atomic E-state index is 0. The van der Waals surface area contributed by atoms with Crippen molar-refractivity contribution in [2.75, 3.05) is 12.4 Å². The number of methoxy groups -OCH3 is 1. The van der Waals surface area contributed by atoms with Crippen LogP contribution in [0.4, 0.5) is 16.0 Å². The number of aromatic nitrogens is 2. The van der Waals surface area contributed by atoms with Crippen LogP contribution in [0.25, 0.3) is 22.2 Å². The molecule has 0 spiro atoms. The van der Waals surface area contributed by atoms with Crippen LogP contribution in [0.2, 0.25) is 0 Å². The molecular weight excluding hydrogens is 457 g/mol. The van der Waals surface area contributed by atoms with Gasteiger partial charge in [0.15, 0.2) is 5.78 Å². The first-order chi connectivity index (χ1) is 16.5. The SMILES string of the molecule is C.C.COC(=O)[C@@H]1CCC[C@H]1C(=O)c1ccc(-c2ccc(Nc3nc4ccccc4[nH]3)c(F)c2)cc1. The van der Waals surface area contributed by atoms with Crippen molar-refractivity contribution >= 4 is 34.4 Å². The number of fused-ring (bicyclic) bond motifs is 1. The van der Waals surface area contributed by atoms with Crippen LogP contribution in [0.15, 0.2) is 66.7 Å². The number of hydrogen-bond donors (Lipinski definition) is 2. The third kappa shape index (κ3) is 5.15. The quantitative estimate of drug-likeness (QED) is 0.222. The average Bonchev–Trinajstić information content (AvgIpc) is 3.51. The van der Waals surface area contributed by atoms with E-state index in [-0.39, 0.29) is 38.4 Å². The van der Waals surface area contributed by atoms with Gasteiger partial charge >= 0.3 is 5.97 Å². The molecule has 2 N–H and O–H groups in total. The maximum absolute atomic E-state index is 14.8. The topological polar surface area (TPSA) is 84.1 Å². The fraction of sp³-hybridized carbons (Fsp3) is 0.276. The number of nitrogens with zero attached hydrogens (tertiary/aromatic N) is 1. The first-order valence-corrected chi connectivity index (χ1v) is 11.3. The number of ketones is 1. The Morgan fingerprint density at radius 1 is 0.972 bits per heavy atom. The zero-order chi connectivity index (χ0) is 23.7. The molecule has 188 valence electrons. The van der Waals surface area contributed by atoms with Gasteiger partial charge < -0.3 is 15.0 Å². The highest BCUT2D eigenvalue weighted by molar-refractivity contribution is 6.00. The van der Waals surface area contributed by atoms with E-state index in [1.165, 1.54) is 13.2 Å². The summed E-state index contributed by atoms with van der Waals surface area (Å²) >= 11 is 0. The lowest BCUT2D eigenvalue weighted by atomic mass is 9.88. The maximum Gasteiger partial charge on any atom is 0.309 e. The van der Waals surface area contributed by atoms with Gasteiger partial charge in [0.25, 0.3) is 0 Å². The molecule has 1 aliphatic rings. The van der Waals surface area contributed by atoms with Crippen molar-refractivity contribution in [3.8, 4) is 11.1 Å². The number of para-hydroxylation sites is 2. The maximum atomic E-state index is 14.8. The number of halogens is 1. The molecule has 36 heavy (non-hydrogen) atoms. The lowest BCUT2D eigenvalue weighted by Gasteiger charge is -2.16. The fourth-order valence-electron chi connectivity index (χ4n) is 4.68. The summed E-state index contributed by atoms with van der Waals surface area (Å²) in [4.78, 5) is 32.5. The molecule has 1 fully saturated rings. The van der Waals surface area contributed by atoms with Crippen LogP contribution in [0.3, 0.4) is 0 Å². The summed E-state index contributed by atoms with van der Waals surface area (Å²) in [6.45, 7) is 0. The number of carbonyl (C=O) groups excluding carboxylic acids is 2. The molecule has 0 bridgehead atoms. The van der Waals surface area contributed by atoms with Gasteiger partial charge in [0.2, 0.25) is 5.95 Å². The molecule has 5 rings (SSSR count). The summed E-state index contributed by atoms with van der Waals surface area (Å²) < 4.78 is 19.7. The van der Waals surface area contributed by atoms with Crippen molar-refractivity contribution in [1.29, 1.82) is 0 Å². The fourth-order valence-corrected chi connectivity index (χ4v) is 4.68. The number of aromatic amines is 1. The zero-order valence-corrected chi connectivity index (χ0v) is 18.7. The normalized spacial score (nSPS) is 16.6. The molecular formula is C29H32FN3O3. The van der Waals surface area contributed by atoms with E-state index in [0.717, 1.165) is 23.0 Å². The Morgan fingerprint density at radius 2 is 1.67 bits per heavy atom. The van der Waals surface area contributed by atoms with E-state index in [2.05, 4.69) is 15.3 Å². The second-order valence-electron chi connectivity index (χ2n) is 8.53. The number of Topliss-reactive ketones (excluding diaryl/α,β-unsaturated/α-hetero) is 1. The molecule has 2 atom stereocenters. The highest BCUT2D eigenvalue weighted by Crippen LogP contribution is 2.35. The Balaban J connectivity index is 0.00000180. The van der Waals surface area contributed by atoms with Crippen molar-refractivity contribution in [1.82, 2.24) is 9.97 Å². The molecule has 1 heterocycles. The summed E-state index contributed by atoms with van der Waals surface area (Å²) in [5.74, 6) is -1.04. The monoisotopic (exact) mass is 489 g/mol. The van der Waals surface area contributed by atoms with Crippen molar-refractivity contribution in [2.24, 2.45) is 11.8 Å². The van der Waals surface area contributed by atoms with Gasteiger partial charge in [-0.1, -0.05) is 63.7 Å². The number of H-pyrrole nitrogens is 1. The van der Waals surface area contributed by atoms with Crippen LogP contribution < -0.4 is 5.32 Å². The predicted octanol–water partition coefficient (Wildman–Crippen LogP) is 7.16. The Labute approximate surface area is 210 Å². The summed E-state index contributed by atoms with van der Waals surface area (Å²) in [6, 6.07) is 19.6. The molecule has 1 aliphatic carbocycles. The van der Waals surface area contributed by atoms with E-state index in [4.69, 9.17) is 4.74 Å². The van der Waals surface area contributed by atoms with Crippen molar-refractivity contribution in [3.05, 3.63) is 78.1 Å². The third-order valence-electron chi connectivity index (χ3n) is 6.47. The summed E-state index contributed by atoms with van der Waals surface area (Å²) in [5, 5.41) is 2.99. The molecule has 6 nitrogen and oxygen atoms in total. The van der Waals surface area contributed by atoms with E-state index in [1.807, 2.05) is 30.3 Å². The molecule has 0 amide bonds. The molecule has 0 aliphatic heterocycles. The van der Waals surface area contributed by atoms with Gasteiger partial charge in [-0.15, -0.1) is 0 Å². The highest BCUT2D eigenvalue weighted by atomic mass is 19.1. The standard InChI is InChI=1S/C27H24FN3O3.2CH4/c1-34-26(33)20-6-4-5-19(20)25(32)17-11-9-16(10-12-17)18-13-14-22(21(28)15-18)29-27-30-23-7-2-3-8-24(23)31-27;;/h2-3,7-15,19-20H,4-6H2,1H3,(H2,29,30,31);2*1H4/t19-,20-;;/m1../s1. The predicted molar refractivity (Wildman–Crippen MR) is 142 cm³/mol. The van der Waals surface area contributed by atoms with Crippen LogP contribution in [0.1, 0.15) is 44.5 Å². The Hall–Kier alpha value is -4.00. The van der Waals surface area contributed by atoms with Gasteiger partial charge in [0, 0.05) is 11.5 Å². The van der Waals surface area contributed by atoms with E-state index in [1.54, 1.807) is 30.3 Å². The van der Waals surface area contributed by atoms with Gasteiger partial charge in [-0.2, -0.15) is 0 Å². The van der Waals surface area contributed by atoms with Crippen LogP contribution in [-0.4, -0.2) is 28.8 Å². The van der Waals surface area contributed by atoms with Gasteiger partial charge in [-0.05, 0) is 48.2 Å². The lowest BCUT2D eigenvalue weighted by molar-refractivity contribution is -0.146. The molecule has 7 heteroatoms. The number of ether oxygens (including phenoxy) is 1. The Kier molecular flexibility index (Phi) is 8.25. The number of nitrogens with one attached hydrogen (secondary N) is 2. The van der Waals surface area contributed by atoms with Crippen molar-refractivity contribution < 1.29 is 18.7 Å². The molecule has 0 unspecified atom stereocenters. The van der Waals surface area contributed by atoms with E-state index in [0.29, 0.717) is 35.6 Å². The van der Waals surface area contributed by atoms with E-state index in [9.17, 15) is 14.0 Å². The second kappa shape index (κ2) is 11.2. The first-order valence-electron chi connectivity index (χ1n) is 11.3. The van der Waals surface area contributed by atoms with Crippen LogP contribution in [-0.2, 0) is 9.53 Å². The Morgan fingerprint density at radius 3 is 2.36 bits per heavy atom. The van der Waals surface area contributed by atoms with Crippen LogP contribution in [0, 0.1) is 17.7 Å². The molecule has 1 saturated carbocycles. The van der Waals surface area contributed by atoms with E-state index < -0.39 is 5.82 Å². The van der Waals surface area contributed by atoms with Crippen LogP contribution >= 0.6 is 0 Å².